The van der Waals surface area contributed by atoms with Crippen molar-refractivity contribution in [2.24, 2.45) is 0 Å². The fraction of sp³-hybridized carbons (Fsp3) is 0.364. The molecule has 0 unspecified atom stereocenters. The van der Waals surface area contributed by atoms with E-state index in [2.05, 4.69) is 31.3 Å². The van der Waals surface area contributed by atoms with E-state index in [-0.39, 0.29) is 1.43 Å². The van der Waals surface area contributed by atoms with Gasteiger partial charge in [-0.25, -0.2) is 0 Å². The van der Waals surface area contributed by atoms with Crippen molar-refractivity contribution in [3.05, 3.63) is 29.3 Å². The molecule has 13 heavy (non-hydrogen) atoms. The molecule has 0 atom stereocenters. The molecule has 1 aromatic carbocycles. The summed E-state index contributed by atoms with van der Waals surface area (Å²) in [5, 5.41) is 10.3. The second-order valence-electron chi connectivity index (χ2n) is 3.40. The number of anilines is 1. The van der Waals surface area contributed by atoms with Crippen LogP contribution in [0.5, 0.6) is 0 Å². The second kappa shape index (κ2) is 4.08. The molecule has 0 aliphatic heterocycles. The van der Waals surface area contributed by atoms with Crippen molar-refractivity contribution in [2.75, 3.05) is 12.4 Å². The third-order valence-corrected chi connectivity index (χ3v) is 2.17. The maximum absolute atomic E-state index is 7.26. The first-order chi connectivity index (χ1) is 6.19. The maximum Gasteiger partial charge on any atom is 0.0426 e. The van der Waals surface area contributed by atoms with Gasteiger partial charge >= 0.3 is 0 Å². The quantitative estimate of drug-likeness (QED) is 0.685. The molecule has 0 heterocycles. The smallest absolute Gasteiger partial charge is 0.0426 e. The molecule has 0 saturated carbocycles. The fourth-order valence-corrected chi connectivity index (χ4v) is 1.29. The van der Waals surface area contributed by atoms with Gasteiger partial charge in [-0.05, 0) is 23.6 Å². The molecule has 0 saturated heterocycles. The fourth-order valence-electron chi connectivity index (χ4n) is 1.29. The Morgan fingerprint density at radius 3 is 2.62 bits per heavy atom. The van der Waals surface area contributed by atoms with Crippen LogP contribution in [0.4, 0.5) is 5.69 Å². The standard InChI is InChI=1S/C11H16N2.H2/c1-8(2)9-4-5-11(13-3)10(6-9)7-12;/h4-8,12-13H,1-3H3;1H. The van der Waals surface area contributed by atoms with Crippen LogP contribution in [0.25, 0.3) is 0 Å². The van der Waals surface area contributed by atoms with Crippen LogP contribution < -0.4 is 5.32 Å². The molecule has 2 heteroatoms. The number of nitrogens with one attached hydrogen (secondary N) is 2. The average molecular weight is 178 g/mol. The number of rotatable bonds is 3. The van der Waals surface area contributed by atoms with E-state index in [4.69, 9.17) is 5.41 Å². The van der Waals surface area contributed by atoms with Crippen LogP contribution in [-0.4, -0.2) is 13.3 Å². The zero-order chi connectivity index (χ0) is 9.84. The van der Waals surface area contributed by atoms with E-state index in [1.165, 1.54) is 11.8 Å². The minimum atomic E-state index is 0. The van der Waals surface area contributed by atoms with Gasteiger partial charge in [0.25, 0.3) is 0 Å². The van der Waals surface area contributed by atoms with Gasteiger partial charge in [0, 0.05) is 25.9 Å². The van der Waals surface area contributed by atoms with E-state index >= 15 is 0 Å². The van der Waals surface area contributed by atoms with Crippen LogP contribution in [-0.2, 0) is 0 Å². The minimum absolute atomic E-state index is 0. The van der Waals surface area contributed by atoms with Crippen LogP contribution in [0.2, 0.25) is 0 Å². The minimum Gasteiger partial charge on any atom is -0.388 e. The summed E-state index contributed by atoms with van der Waals surface area (Å²) in [4.78, 5) is 0. The van der Waals surface area contributed by atoms with Crippen molar-refractivity contribution in [3.63, 3.8) is 0 Å². The van der Waals surface area contributed by atoms with Gasteiger partial charge in [-0.1, -0.05) is 19.9 Å². The summed E-state index contributed by atoms with van der Waals surface area (Å²) in [7, 11) is 1.87. The molecular formula is C11H18N2. The van der Waals surface area contributed by atoms with Gasteiger partial charge < -0.3 is 10.7 Å². The molecule has 0 fully saturated rings. The van der Waals surface area contributed by atoms with Crippen LogP contribution in [0.3, 0.4) is 0 Å². The largest absolute Gasteiger partial charge is 0.388 e. The molecule has 0 bridgehead atoms. The predicted octanol–water partition coefficient (Wildman–Crippen LogP) is 3.10. The molecule has 1 rings (SSSR count). The lowest BCUT2D eigenvalue weighted by Crippen LogP contribution is -1.96. The average Bonchev–Trinajstić information content (AvgIpc) is 2.16. The van der Waals surface area contributed by atoms with E-state index in [1.54, 1.807) is 0 Å². The van der Waals surface area contributed by atoms with E-state index < -0.39 is 0 Å². The van der Waals surface area contributed by atoms with E-state index in [0.29, 0.717) is 5.92 Å². The van der Waals surface area contributed by atoms with Crippen LogP contribution in [0.15, 0.2) is 18.2 Å². The normalized spacial score (nSPS) is 10.2. The number of hydrogen-bond donors (Lipinski definition) is 2. The Labute approximate surface area is 81.0 Å². The van der Waals surface area contributed by atoms with Gasteiger partial charge in [-0.15, -0.1) is 0 Å². The molecule has 0 spiro atoms. The van der Waals surface area contributed by atoms with E-state index in [9.17, 15) is 0 Å². The Morgan fingerprint density at radius 1 is 1.46 bits per heavy atom. The Balaban J connectivity index is 0.00000169. The van der Waals surface area contributed by atoms with Crippen LogP contribution in [0.1, 0.15) is 32.3 Å². The summed E-state index contributed by atoms with van der Waals surface area (Å²) in [6.07, 6.45) is 1.39. The summed E-state index contributed by atoms with van der Waals surface area (Å²) in [6, 6.07) is 6.18. The number of hydrogen-bond acceptors (Lipinski definition) is 2. The summed E-state index contributed by atoms with van der Waals surface area (Å²) < 4.78 is 0. The third-order valence-electron chi connectivity index (χ3n) is 2.17. The Kier molecular flexibility index (Phi) is 3.07. The maximum atomic E-state index is 7.26. The lowest BCUT2D eigenvalue weighted by atomic mass is 10.00. The second-order valence-corrected chi connectivity index (χ2v) is 3.40. The molecular weight excluding hydrogens is 160 g/mol. The SMILES string of the molecule is CNc1ccc(C(C)C)cc1C=N.[HH]. The first-order valence-corrected chi connectivity index (χ1v) is 4.51. The summed E-state index contributed by atoms with van der Waals surface area (Å²) in [6.45, 7) is 4.31. The highest BCUT2D eigenvalue weighted by atomic mass is 14.8. The van der Waals surface area contributed by atoms with Crippen LogP contribution >= 0.6 is 0 Å². The Morgan fingerprint density at radius 2 is 2.15 bits per heavy atom. The summed E-state index contributed by atoms with van der Waals surface area (Å²) >= 11 is 0. The van der Waals surface area contributed by atoms with Crippen molar-refractivity contribution < 1.29 is 1.43 Å². The summed E-state index contributed by atoms with van der Waals surface area (Å²) in [5.41, 5.74) is 3.24. The van der Waals surface area contributed by atoms with Gasteiger partial charge in [0.2, 0.25) is 0 Å². The lowest BCUT2D eigenvalue weighted by molar-refractivity contribution is 0.866. The summed E-state index contributed by atoms with van der Waals surface area (Å²) in [5.74, 6) is 0.518. The van der Waals surface area contributed by atoms with Gasteiger partial charge in [0.1, 0.15) is 0 Å². The van der Waals surface area contributed by atoms with Crippen molar-refractivity contribution in [3.8, 4) is 0 Å². The van der Waals surface area contributed by atoms with E-state index in [1.807, 2.05) is 13.1 Å². The van der Waals surface area contributed by atoms with Crippen molar-refractivity contribution >= 4 is 11.9 Å². The van der Waals surface area contributed by atoms with E-state index in [0.717, 1.165) is 11.3 Å². The molecule has 0 radical (unpaired) electrons. The van der Waals surface area contributed by atoms with Crippen LogP contribution in [0, 0.1) is 5.41 Å². The molecule has 0 amide bonds. The topological polar surface area (TPSA) is 35.9 Å². The van der Waals surface area contributed by atoms with Crippen molar-refractivity contribution in [1.29, 1.82) is 5.41 Å². The Hall–Kier alpha value is -1.31. The van der Waals surface area contributed by atoms with Gasteiger partial charge in [-0.3, -0.25) is 0 Å². The predicted molar refractivity (Wildman–Crippen MR) is 60.1 cm³/mol. The molecule has 0 aliphatic rings. The lowest BCUT2D eigenvalue weighted by Gasteiger charge is -2.09. The first kappa shape index (κ1) is 9.78. The molecule has 2 N–H and O–H groups in total. The molecule has 0 aromatic heterocycles. The molecule has 72 valence electrons. The monoisotopic (exact) mass is 178 g/mol. The molecule has 1 aromatic rings. The Bertz CT molecular complexity index is 308. The zero-order valence-electron chi connectivity index (χ0n) is 8.39. The number of benzene rings is 1. The highest BCUT2D eigenvalue weighted by molar-refractivity contribution is 5.86. The molecule has 2 nitrogen and oxygen atoms in total. The van der Waals surface area contributed by atoms with Gasteiger partial charge in [0.05, 0.1) is 0 Å². The molecule has 0 aliphatic carbocycles. The highest BCUT2D eigenvalue weighted by Gasteiger charge is 2.02. The first-order valence-electron chi connectivity index (χ1n) is 4.51. The van der Waals surface area contributed by atoms with Crippen molar-refractivity contribution in [1.82, 2.24) is 0 Å². The highest BCUT2D eigenvalue weighted by Crippen LogP contribution is 2.20. The van der Waals surface area contributed by atoms with Crippen molar-refractivity contribution in [2.45, 2.75) is 19.8 Å². The van der Waals surface area contributed by atoms with Gasteiger partial charge in [0.15, 0.2) is 0 Å². The van der Waals surface area contributed by atoms with Gasteiger partial charge in [-0.2, -0.15) is 0 Å². The third kappa shape index (κ3) is 2.08. The zero-order valence-corrected chi connectivity index (χ0v) is 8.39.